The van der Waals surface area contributed by atoms with Crippen molar-refractivity contribution in [3.8, 4) is 5.75 Å². The number of rotatable bonds is 11. The molecule has 0 aromatic heterocycles. The lowest BCUT2D eigenvalue weighted by molar-refractivity contribution is -0.150. The molecule has 0 fully saturated rings. The number of aryl methyl sites for hydroxylation is 1. The Morgan fingerprint density at radius 2 is 1.69 bits per heavy atom. The van der Waals surface area contributed by atoms with Crippen molar-refractivity contribution in [3.63, 3.8) is 0 Å². The number of hydroxylamine groups is 2. The summed E-state index contributed by atoms with van der Waals surface area (Å²) >= 11 is 0. The fourth-order valence-corrected chi connectivity index (χ4v) is 3.95. The lowest BCUT2D eigenvalue weighted by atomic mass is 10.0. The molecule has 0 aliphatic carbocycles. The van der Waals surface area contributed by atoms with Gasteiger partial charge < -0.3 is 9.57 Å². The predicted molar refractivity (Wildman–Crippen MR) is 141 cm³/mol. The number of fused-ring (bicyclic) bond motifs is 1. The van der Waals surface area contributed by atoms with Crippen LogP contribution in [0.15, 0.2) is 102 Å². The second kappa shape index (κ2) is 12.5. The van der Waals surface area contributed by atoms with Crippen LogP contribution in [-0.4, -0.2) is 29.4 Å². The van der Waals surface area contributed by atoms with Crippen molar-refractivity contribution in [1.29, 1.82) is 0 Å². The highest BCUT2D eigenvalue weighted by molar-refractivity contribution is 6.25. The monoisotopic (exact) mass is 482 g/mol. The van der Waals surface area contributed by atoms with Gasteiger partial charge >= 0.3 is 0 Å². The Morgan fingerprint density at radius 3 is 2.50 bits per heavy atom. The van der Waals surface area contributed by atoms with Crippen LogP contribution in [0.4, 0.5) is 0 Å². The zero-order chi connectivity index (χ0) is 25.2. The topological polar surface area (TPSA) is 71.4 Å². The molecule has 6 heteroatoms. The average molecular weight is 483 g/mol. The van der Waals surface area contributed by atoms with E-state index >= 15 is 0 Å². The smallest absolute Gasteiger partial charge is 0.291 e. The molecule has 4 rings (SSSR count). The summed E-state index contributed by atoms with van der Waals surface area (Å²) < 4.78 is 6.09. The predicted octanol–water partition coefficient (Wildman–Crippen LogP) is 6.33. The number of oxime groups is 1. The number of hydrogen-bond acceptors (Lipinski definition) is 5. The van der Waals surface area contributed by atoms with E-state index in [1.165, 1.54) is 23.4 Å². The fraction of sp³-hybridized carbons (Fsp3) is 0.200. The summed E-state index contributed by atoms with van der Waals surface area (Å²) in [5.74, 6) is 0.0676. The quantitative estimate of drug-likeness (QED) is 0.154. The number of hydrogen-bond donors (Lipinski definition) is 1. The standard InChI is InChI=1S/C30H30N2O4/c1-32(34)30(33)21-31-36-29(16-7-11-23-9-3-2-4-10-23)27-14-8-15-28(20-27)35-22-24-17-18-25-12-5-6-13-26(25)19-24/h2-6,8-10,12-15,17-21,29,34H,7,11,16,22H2,1H3. The fourth-order valence-electron chi connectivity index (χ4n) is 3.95. The Kier molecular flexibility index (Phi) is 8.67. The van der Waals surface area contributed by atoms with Gasteiger partial charge in [-0.25, -0.2) is 5.06 Å². The summed E-state index contributed by atoms with van der Waals surface area (Å²) in [5, 5.41) is 15.9. The van der Waals surface area contributed by atoms with Crippen molar-refractivity contribution in [1.82, 2.24) is 5.06 Å². The van der Waals surface area contributed by atoms with Crippen LogP contribution in [0.3, 0.4) is 0 Å². The van der Waals surface area contributed by atoms with Gasteiger partial charge in [-0.1, -0.05) is 84.0 Å². The Morgan fingerprint density at radius 1 is 0.917 bits per heavy atom. The van der Waals surface area contributed by atoms with Crippen molar-refractivity contribution >= 4 is 22.9 Å². The van der Waals surface area contributed by atoms with Gasteiger partial charge in [-0.2, -0.15) is 0 Å². The maximum Gasteiger partial charge on any atom is 0.291 e. The number of amides is 1. The molecule has 0 aliphatic heterocycles. The van der Waals surface area contributed by atoms with E-state index in [1.807, 2.05) is 54.6 Å². The summed E-state index contributed by atoms with van der Waals surface area (Å²) in [4.78, 5) is 17.4. The molecule has 0 aliphatic rings. The summed E-state index contributed by atoms with van der Waals surface area (Å²) in [5.41, 5.74) is 3.25. The van der Waals surface area contributed by atoms with Gasteiger partial charge in [0.25, 0.3) is 5.91 Å². The number of carbonyl (C=O) groups excluding carboxylic acids is 1. The zero-order valence-corrected chi connectivity index (χ0v) is 20.3. The Labute approximate surface area is 211 Å². The molecule has 36 heavy (non-hydrogen) atoms. The molecule has 1 N–H and O–H groups in total. The molecule has 0 spiro atoms. The molecule has 1 unspecified atom stereocenters. The summed E-state index contributed by atoms with van der Waals surface area (Å²) in [6.45, 7) is 0.448. The zero-order valence-electron chi connectivity index (χ0n) is 20.3. The van der Waals surface area contributed by atoms with Crippen LogP contribution in [0, 0.1) is 0 Å². The molecule has 1 atom stereocenters. The molecule has 0 heterocycles. The lowest BCUT2D eigenvalue weighted by Crippen LogP contribution is -2.23. The third-order valence-corrected chi connectivity index (χ3v) is 5.89. The number of nitrogens with zero attached hydrogens (tertiary/aromatic N) is 2. The van der Waals surface area contributed by atoms with Crippen molar-refractivity contribution in [2.75, 3.05) is 7.05 Å². The molecule has 4 aromatic carbocycles. The molecule has 0 bridgehead atoms. The summed E-state index contributed by atoms with van der Waals surface area (Å²) in [7, 11) is 1.24. The SMILES string of the molecule is CN(O)C(=O)C=NOC(CCCc1ccccc1)c1cccc(OCc2ccc3ccccc3c2)c1. The van der Waals surface area contributed by atoms with Gasteiger partial charge in [0.1, 0.15) is 18.6 Å². The van der Waals surface area contributed by atoms with Crippen LogP contribution in [0.2, 0.25) is 0 Å². The minimum absolute atomic E-state index is 0.369. The van der Waals surface area contributed by atoms with E-state index in [0.29, 0.717) is 18.1 Å². The van der Waals surface area contributed by atoms with Crippen LogP contribution in [0.1, 0.15) is 35.6 Å². The Hall–Kier alpha value is -4.16. The first-order valence-corrected chi connectivity index (χ1v) is 12.0. The highest BCUT2D eigenvalue weighted by Gasteiger charge is 2.15. The number of carbonyl (C=O) groups is 1. The first kappa shape index (κ1) is 24.9. The normalized spacial score (nSPS) is 11.9. The van der Waals surface area contributed by atoms with E-state index in [1.54, 1.807) is 0 Å². The van der Waals surface area contributed by atoms with E-state index in [4.69, 9.17) is 9.57 Å². The van der Waals surface area contributed by atoms with Gasteiger partial charge in [0.2, 0.25) is 0 Å². The van der Waals surface area contributed by atoms with E-state index in [9.17, 15) is 10.0 Å². The molecule has 184 valence electrons. The van der Waals surface area contributed by atoms with Crippen molar-refractivity contribution < 1.29 is 19.6 Å². The Bertz CT molecular complexity index is 1300. The maximum absolute atomic E-state index is 11.6. The molecular formula is C30H30N2O4. The highest BCUT2D eigenvalue weighted by Crippen LogP contribution is 2.28. The third-order valence-electron chi connectivity index (χ3n) is 5.89. The van der Waals surface area contributed by atoms with E-state index in [-0.39, 0.29) is 6.10 Å². The van der Waals surface area contributed by atoms with Gasteiger partial charge in [0.15, 0.2) is 6.10 Å². The first-order chi connectivity index (χ1) is 17.6. The van der Waals surface area contributed by atoms with E-state index < -0.39 is 5.91 Å². The van der Waals surface area contributed by atoms with Crippen molar-refractivity contribution in [3.05, 3.63) is 114 Å². The molecule has 0 saturated carbocycles. The second-order valence-electron chi connectivity index (χ2n) is 8.61. The summed E-state index contributed by atoms with van der Waals surface area (Å²) in [6.07, 6.45) is 3.07. The molecular weight excluding hydrogens is 452 g/mol. The third kappa shape index (κ3) is 7.17. The van der Waals surface area contributed by atoms with E-state index in [2.05, 4.69) is 47.6 Å². The average Bonchev–Trinajstić information content (AvgIpc) is 2.91. The summed E-state index contributed by atoms with van der Waals surface area (Å²) in [6, 6.07) is 32.6. The molecule has 6 nitrogen and oxygen atoms in total. The molecule has 0 saturated heterocycles. The maximum atomic E-state index is 11.6. The van der Waals surface area contributed by atoms with Gasteiger partial charge in [-0.05, 0) is 64.9 Å². The van der Waals surface area contributed by atoms with Crippen LogP contribution < -0.4 is 4.74 Å². The molecule has 1 amide bonds. The van der Waals surface area contributed by atoms with Gasteiger partial charge in [0.05, 0.1) is 0 Å². The highest BCUT2D eigenvalue weighted by atomic mass is 16.6. The van der Waals surface area contributed by atoms with Crippen LogP contribution in [0.25, 0.3) is 10.8 Å². The largest absolute Gasteiger partial charge is 0.489 e. The number of ether oxygens (including phenoxy) is 1. The number of benzene rings is 4. The van der Waals surface area contributed by atoms with Crippen LogP contribution in [-0.2, 0) is 22.7 Å². The van der Waals surface area contributed by atoms with Gasteiger partial charge in [0, 0.05) is 7.05 Å². The minimum atomic E-state index is -0.662. The van der Waals surface area contributed by atoms with Gasteiger partial charge in [-0.3, -0.25) is 10.0 Å². The molecule has 0 radical (unpaired) electrons. The van der Waals surface area contributed by atoms with Crippen LogP contribution >= 0.6 is 0 Å². The van der Waals surface area contributed by atoms with Crippen molar-refractivity contribution in [2.24, 2.45) is 5.16 Å². The van der Waals surface area contributed by atoms with Crippen LogP contribution in [0.5, 0.6) is 5.75 Å². The van der Waals surface area contributed by atoms with Gasteiger partial charge in [-0.15, -0.1) is 0 Å². The second-order valence-corrected chi connectivity index (χ2v) is 8.61. The van der Waals surface area contributed by atoms with E-state index in [0.717, 1.165) is 35.9 Å². The minimum Gasteiger partial charge on any atom is -0.489 e. The molecule has 4 aromatic rings. The Balaban J connectivity index is 1.43. The first-order valence-electron chi connectivity index (χ1n) is 12.0. The lowest BCUT2D eigenvalue weighted by Gasteiger charge is -2.17. The van der Waals surface area contributed by atoms with Crippen molar-refractivity contribution in [2.45, 2.75) is 32.0 Å².